The summed E-state index contributed by atoms with van der Waals surface area (Å²) < 4.78 is 4.78. The molecule has 48 heavy (non-hydrogen) atoms. The van der Waals surface area contributed by atoms with Crippen LogP contribution in [-0.2, 0) is 0 Å². The lowest BCUT2D eigenvalue weighted by molar-refractivity contribution is 1.11. The highest BCUT2D eigenvalue weighted by Crippen LogP contribution is 2.48. The minimum absolute atomic E-state index is 0.981. The predicted molar refractivity (Wildman–Crippen MR) is 200 cm³/mol. The van der Waals surface area contributed by atoms with Crippen LogP contribution in [-0.4, -0.2) is 14.1 Å². The van der Waals surface area contributed by atoms with Gasteiger partial charge in [-0.2, -0.15) is 0 Å². The molecule has 0 atom stereocenters. The quantitative estimate of drug-likeness (QED) is 0.191. The molecule has 0 amide bonds. The van der Waals surface area contributed by atoms with Gasteiger partial charge in [-0.25, -0.2) is 4.98 Å². The van der Waals surface area contributed by atoms with Gasteiger partial charge in [0.1, 0.15) is 5.82 Å². The molecule has 3 nitrogen and oxygen atoms in total. The highest BCUT2D eigenvalue weighted by molar-refractivity contribution is 6.18. The van der Waals surface area contributed by atoms with Crippen LogP contribution in [0.1, 0.15) is 0 Å². The van der Waals surface area contributed by atoms with Gasteiger partial charge >= 0.3 is 0 Å². The zero-order chi connectivity index (χ0) is 31.3. The number of pyridine rings is 1. The van der Waals surface area contributed by atoms with Crippen molar-refractivity contribution in [1.29, 1.82) is 0 Å². The highest BCUT2D eigenvalue weighted by atomic mass is 15.1. The van der Waals surface area contributed by atoms with Crippen molar-refractivity contribution in [3.63, 3.8) is 0 Å². The molecule has 0 N–H and O–H groups in total. The minimum atomic E-state index is 0.981. The monoisotopic (exact) mass is 609 g/mol. The number of hydrogen-bond donors (Lipinski definition) is 0. The van der Waals surface area contributed by atoms with Crippen LogP contribution >= 0.6 is 0 Å². The van der Waals surface area contributed by atoms with Gasteiger partial charge in [-0.1, -0.05) is 103 Å². The Morgan fingerprint density at radius 2 is 1.00 bits per heavy atom. The number of rotatable bonds is 2. The fraction of sp³-hybridized carbons (Fsp3) is 0. The summed E-state index contributed by atoms with van der Waals surface area (Å²) in [6.07, 6.45) is 0. The maximum atomic E-state index is 5.35. The maximum Gasteiger partial charge on any atom is 0.146 e. The van der Waals surface area contributed by atoms with E-state index in [1.807, 2.05) is 0 Å². The summed E-state index contributed by atoms with van der Waals surface area (Å²) in [5, 5.41) is 6.13. The van der Waals surface area contributed by atoms with E-state index in [-0.39, 0.29) is 0 Å². The number of aromatic nitrogens is 3. The SMILES string of the molecule is c1ccc(-n2c3ccccc3c3cc(-c4cc5c6c(c4)c4ccccc4n6-c4nc6ccccc6cc4-c4ccccc4-5)ccc32)cc1. The van der Waals surface area contributed by atoms with Crippen LogP contribution in [0.25, 0.3) is 99.4 Å². The minimum Gasteiger partial charge on any atom is -0.309 e. The van der Waals surface area contributed by atoms with Crippen molar-refractivity contribution in [3.05, 3.63) is 164 Å². The third-order valence-corrected chi connectivity index (χ3v) is 10.2. The molecule has 0 fully saturated rings. The van der Waals surface area contributed by atoms with Crippen molar-refractivity contribution < 1.29 is 0 Å². The fourth-order valence-corrected chi connectivity index (χ4v) is 8.12. The van der Waals surface area contributed by atoms with Gasteiger partial charge in [-0.3, -0.25) is 4.57 Å². The van der Waals surface area contributed by atoms with Crippen LogP contribution in [0.4, 0.5) is 0 Å². The molecule has 222 valence electrons. The molecule has 4 heterocycles. The van der Waals surface area contributed by atoms with Crippen molar-refractivity contribution in [2.24, 2.45) is 0 Å². The topological polar surface area (TPSA) is 22.8 Å². The molecular formula is C45H27N3. The van der Waals surface area contributed by atoms with E-state index in [1.54, 1.807) is 0 Å². The van der Waals surface area contributed by atoms with E-state index < -0.39 is 0 Å². The lowest BCUT2D eigenvalue weighted by atomic mass is 9.91. The zero-order valence-electron chi connectivity index (χ0n) is 25.9. The summed E-state index contributed by atoms with van der Waals surface area (Å²) in [6, 6.07) is 59.6. The summed E-state index contributed by atoms with van der Waals surface area (Å²) in [4.78, 5) is 5.35. The van der Waals surface area contributed by atoms with Gasteiger partial charge in [-0.15, -0.1) is 0 Å². The number of para-hydroxylation sites is 4. The Kier molecular flexibility index (Phi) is 5.11. The van der Waals surface area contributed by atoms with Crippen molar-refractivity contribution in [1.82, 2.24) is 14.1 Å². The van der Waals surface area contributed by atoms with Crippen LogP contribution in [0.3, 0.4) is 0 Å². The van der Waals surface area contributed by atoms with E-state index in [0.29, 0.717) is 0 Å². The first-order chi connectivity index (χ1) is 23.8. The molecule has 7 aromatic carbocycles. The smallest absolute Gasteiger partial charge is 0.146 e. The molecule has 0 saturated carbocycles. The predicted octanol–water partition coefficient (Wildman–Crippen LogP) is 11.7. The average Bonchev–Trinajstić information content (AvgIpc) is 3.63. The summed E-state index contributed by atoms with van der Waals surface area (Å²) in [6.45, 7) is 0. The van der Waals surface area contributed by atoms with E-state index in [9.17, 15) is 0 Å². The number of fused-ring (bicyclic) bond motifs is 12. The Bertz CT molecular complexity index is 2940. The summed E-state index contributed by atoms with van der Waals surface area (Å²) >= 11 is 0. The maximum absolute atomic E-state index is 5.35. The lowest BCUT2D eigenvalue weighted by Crippen LogP contribution is -2.00. The molecule has 10 aromatic rings. The summed E-state index contributed by atoms with van der Waals surface area (Å²) in [5.41, 5.74) is 14.2. The molecule has 3 heteroatoms. The van der Waals surface area contributed by atoms with Gasteiger partial charge < -0.3 is 4.57 Å². The Balaban J connectivity index is 1.24. The second-order valence-electron chi connectivity index (χ2n) is 12.8. The molecule has 0 bridgehead atoms. The van der Waals surface area contributed by atoms with Crippen molar-refractivity contribution in [2.45, 2.75) is 0 Å². The van der Waals surface area contributed by atoms with Crippen LogP contribution in [0.2, 0.25) is 0 Å². The van der Waals surface area contributed by atoms with Crippen LogP contribution in [0, 0.1) is 0 Å². The van der Waals surface area contributed by atoms with Gasteiger partial charge in [-0.05, 0) is 82.9 Å². The highest BCUT2D eigenvalue weighted by Gasteiger charge is 2.26. The number of hydrogen-bond acceptors (Lipinski definition) is 1. The first-order valence-corrected chi connectivity index (χ1v) is 16.5. The largest absolute Gasteiger partial charge is 0.309 e. The second-order valence-corrected chi connectivity index (χ2v) is 12.8. The normalized spacial score (nSPS) is 12.2. The molecule has 0 radical (unpaired) electrons. The molecule has 3 aromatic heterocycles. The Morgan fingerprint density at radius 1 is 0.375 bits per heavy atom. The van der Waals surface area contributed by atoms with Crippen LogP contribution < -0.4 is 0 Å². The number of benzene rings is 7. The molecule has 0 unspecified atom stereocenters. The van der Waals surface area contributed by atoms with Crippen molar-refractivity contribution >= 4 is 54.5 Å². The summed E-state index contributed by atoms with van der Waals surface area (Å²) in [5.74, 6) is 0.981. The molecule has 11 rings (SSSR count). The van der Waals surface area contributed by atoms with Gasteiger partial charge in [0.2, 0.25) is 0 Å². The van der Waals surface area contributed by atoms with E-state index in [4.69, 9.17) is 4.98 Å². The van der Waals surface area contributed by atoms with Gasteiger partial charge in [0.15, 0.2) is 0 Å². The average molecular weight is 610 g/mol. The van der Waals surface area contributed by atoms with Crippen LogP contribution in [0.15, 0.2) is 164 Å². The molecular weight excluding hydrogens is 583 g/mol. The fourth-order valence-electron chi connectivity index (χ4n) is 8.12. The molecule has 0 spiro atoms. The molecule has 0 saturated heterocycles. The van der Waals surface area contributed by atoms with E-state index in [2.05, 4.69) is 173 Å². The first-order valence-electron chi connectivity index (χ1n) is 16.5. The van der Waals surface area contributed by atoms with Crippen molar-refractivity contribution in [2.75, 3.05) is 0 Å². The number of nitrogens with zero attached hydrogens (tertiary/aromatic N) is 3. The van der Waals surface area contributed by atoms with Gasteiger partial charge in [0, 0.05) is 43.7 Å². The lowest BCUT2D eigenvalue weighted by Gasteiger charge is -2.13. The van der Waals surface area contributed by atoms with Gasteiger partial charge in [0.25, 0.3) is 0 Å². The van der Waals surface area contributed by atoms with Crippen molar-refractivity contribution in [3.8, 4) is 44.9 Å². The van der Waals surface area contributed by atoms with E-state index >= 15 is 0 Å². The third-order valence-electron chi connectivity index (χ3n) is 10.2. The molecule has 1 aliphatic rings. The Hall–Kier alpha value is -6.45. The zero-order valence-corrected chi connectivity index (χ0v) is 25.9. The van der Waals surface area contributed by atoms with Gasteiger partial charge in [0.05, 0.1) is 27.6 Å². The van der Waals surface area contributed by atoms with Crippen LogP contribution in [0.5, 0.6) is 0 Å². The Labute approximate surface area is 276 Å². The van der Waals surface area contributed by atoms with E-state index in [1.165, 1.54) is 77.1 Å². The molecule has 0 aliphatic carbocycles. The Morgan fingerprint density at radius 3 is 1.83 bits per heavy atom. The first kappa shape index (κ1) is 25.7. The van der Waals surface area contributed by atoms with E-state index in [0.717, 1.165) is 22.3 Å². The standard InChI is InChI=1S/C45H27N3/c1-2-13-31(14-3-1)47-41-20-10-7-17-34(41)36-24-28(22-23-43(36)47)30-26-37-32-15-5-6-16-33(32)39-25-29-12-4-9-19-40(29)46-45(39)48-42-21-11-8-18-35(42)38(27-30)44(37)48/h1-27H. The summed E-state index contributed by atoms with van der Waals surface area (Å²) in [7, 11) is 0. The third kappa shape index (κ3) is 3.45. The second kappa shape index (κ2) is 9.54. The molecule has 1 aliphatic heterocycles.